The highest BCUT2D eigenvalue weighted by atomic mass is 19.1. The van der Waals surface area contributed by atoms with Gasteiger partial charge in [-0.1, -0.05) is 25.5 Å². The molecule has 2 aromatic carbocycles. The molecule has 0 bridgehead atoms. The van der Waals surface area contributed by atoms with Crippen molar-refractivity contribution in [3.63, 3.8) is 0 Å². The Labute approximate surface area is 200 Å². The second kappa shape index (κ2) is 10.3. The first kappa shape index (κ1) is 23.8. The fraction of sp³-hybridized carbons (Fsp3) is 0.407. The van der Waals surface area contributed by atoms with Crippen LogP contribution in [0.3, 0.4) is 0 Å². The lowest BCUT2D eigenvalue weighted by molar-refractivity contribution is 0.217. The number of H-pyrrole nitrogens is 1. The first-order valence-electron chi connectivity index (χ1n) is 11.8. The fourth-order valence-corrected chi connectivity index (χ4v) is 4.93. The molecule has 3 atom stereocenters. The van der Waals surface area contributed by atoms with Crippen LogP contribution in [-0.2, 0) is 6.42 Å². The van der Waals surface area contributed by atoms with Crippen LogP contribution in [-0.4, -0.2) is 29.7 Å². The van der Waals surface area contributed by atoms with Crippen LogP contribution in [0.4, 0.5) is 14.9 Å². The molecular weight excluding hydrogens is 431 g/mol. The molecule has 0 radical (unpaired) electrons. The zero-order chi connectivity index (χ0) is 24.2. The number of aromatic amines is 1. The summed E-state index contributed by atoms with van der Waals surface area (Å²) in [6, 6.07) is 11.4. The zero-order valence-electron chi connectivity index (χ0n) is 20.2. The molecule has 7 heteroatoms. The summed E-state index contributed by atoms with van der Waals surface area (Å²) in [6.07, 6.45) is 4.22. The van der Waals surface area contributed by atoms with Gasteiger partial charge in [0.1, 0.15) is 17.4 Å². The Hall–Kier alpha value is -3.35. The molecule has 6 nitrogen and oxygen atoms in total. The number of halogens is 1. The minimum absolute atomic E-state index is 0.259. The topological polar surface area (TPSA) is 79.0 Å². The van der Waals surface area contributed by atoms with Crippen molar-refractivity contribution < 1.29 is 13.9 Å². The number of carbonyl (C=O) groups excluding carboxylic acids is 1. The van der Waals surface area contributed by atoms with E-state index in [9.17, 15) is 9.18 Å². The molecule has 1 heterocycles. The average molecular weight is 465 g/mol. The summed E-state index contributed by atoms with van der Waals surface area (Å²) in [4.78, 5) is 20.6. The Morgan fingerprint density at radius 1 is 1.24 bits per heavy atom. The molecule has 1 aliphatic carbocycles. The van der Waals surface area contributed by atoms with E-state index < -0.39 is 0 Å². The third-order valence-electron chi connectivity index (χ3n) is 6.86. The third-order valence-corrected chi connectivity index (χ3v) is 6.86. The van der Waals surface area contributed by atoms with Gasteiger partial charge in [0.2, 0.25) is 0 Å². The lowest BCUT2D eigenvalue weighted by atomic mass is 9.70. The monoisotopic (exact) mass is 464 g/mol. The maximum absolute atomic E-state index is 13.1. The molecule has 3 N–H and O–H groups in total. The van der Waals surface area contributed by atoms with E-state index in [1.54, 1.807) is 19.2 Å². The molecule has 180 valence electrons. The molecule has 1 aliphatic rings. The minimum Gasteiger partial charge on any atom is -0.497 e. The number of fused-ring (bicyclic) bond motifs is 1. The SMILES string of the molecule is COc1ccc2nc(C[C@@H]3C[C@@H](C(C)C)[C@H](CNC(=O)Nc4ccc(F)cc4)C=C3C)[nH]c2c1. The summed E-state index contributed by atoms with van der Waals surface area (Å²) >= 11 is 0. The summed E-state index contributed by atoms with van der Waals surface area (Å²) in [6.45, 7) is 7.23. The van der Waals surface area contributed by atoms with Crippen molar-refractivity contribution in [2.24, 2.45) is 23.7 Å². The highest BCUT2D eigenvalue weighted by Gasteiger charge is 2.32. The van der Waals surface area contributed by atoms with E-state index in [1.165, 1.54) is 17.7 Å². The fourth-order valence-electron chi connectivity index (χ4n) is 4.93. The number of nitrogens with one attached hydrogen (secondary N) is 3. The van der Waals surface area contributed by atoms with Crippen molar-refractivity contribution >= 4 is 22.8 Å². The first-order chi connectivity index (χ1) is 16.3. The summed E-state index contributed by atoms with van der Waals surface area (Å²) in [5, 5.41) is 5.76. The van der Waals surface area contributed by atoms with Gasteiger partial charge >= 0.3 is 6.03 Å². The Balaban J connectivity index is 1.41. The Morgan fingerprint density at radius 2 is 2.00 bits per heavy atom. The number of carbonyl (C=O) groups is 1. The van der Waals surface area contributed by atoms with Gasteiger partial charge in [0.05, 0.1) is 18.1 Å². The van der Waals surface area contributed by atoms with E-state index in [2.05, 4.69) is 42.5 Å². The second-order valence-electron chi connectivity index (χ2n) is 9.53. The van der Waals surface area contributed by atoms with Crippen molar-refractivity contribution in [1.82, 2.24) is 15.3 Å². The minimum atomic E-state index is -0.328. The quantitative estimate of drug-likeness (QED) is 0.379. The highest BCUT2D eigenvalue weighted by molar-refractivity contribution is 5.89. The van der Waals surface area contributed by atoms with Crippen molar-refractivity contribution in [1.29, 1.82) is 0 Å². The van der Waals surface area contributed by atoms with E-state index in [1.807, 2.05) is 18.2 Å². The number of ether oxygens (including phenoxy) is 1. The number of hydrogen-bond donors (Lipinski definition) is 3. The van der Waals surface area contributed by atoms with E-state index in [4.69, 9.17) is 9.72 Å². The van der Waals surface area contributed by atoms with Crippen LogP contribution in [0.15, 0.2) is 54.1 Å². The summed E-state index contributed by atoms with van der Waals surface area (Å²) in [7, 11) is 1.67. The molecule has 0 unspecified atom stereocenters. The van der Waals surface area contributed by atoms with Crippen molar-refractivity contribution in [3.8, 4) is 5.75 Å². The standard InChI is InChI=1S/C27H33FN4O2/c1-16(2)23-12-18(13-26-31-24-10-9-22(34-4)14-25(24)32-26)17(3)11-19(23)15-29-27(33)30-21-7-5-20(28)6-8-21/h5-11,14,16,18-19,23H,12-13,15H2,1-4H3,(H,31,32)(H2,29,30,33)/t18-,19-,23-/m0/s1. The third kappa shape index (κ3) is 5.58. The molecule has 1 aromatic heterocycles. The molecule has 3 aromatic rings. The number of urea groups is 1. The van der Waals surface area contributed by atoms with Gasteiger partial charge in [0.25, 0.3) is 0 Å². The smallest absolute Gasteiger partial charge is 0.319 e. The van der Waals surface area contributed by atoms with Crippen LogP contribution in [0.25, 0.3) is 11.0 Å². The van der Waals surface area contributed by atoms with Gasteiger partial charge in [-0.3, -0.25) is 0 Å². The van der Waals surface area contributed by atoms with E-state index in [0.29, 0.717) is 30.0 Å². The summed E-state index contributed by atoms with van der Waals surface area (Å²) in [5.41, 5.74) is 3.84. The van der Waals surface area contributed by atoms with Gasteiger partial charge in [0, 0.05) is 24.7 Å². The number of aromatic nitrogens is 2. The van der Waals surface area contributed by atoms with E-state index in [-0.39, 0.29) is 17.8 Å². The predicted octanol–water partition coefficient (Wildman–Crippen LogP) is 5.93. The summed E-state index contributed by atoms with van der Waals surface area (Å²) in [5.74, 6) is 3.07. The van der Waals surface area contributed by atoms with Gasteiger partial charge in [-0.25, -0.2) is 14.2 Å². The van der Waals surface area contributed by atoms with Gasteiger partial charge in [-0.2, -0.15) is 0 Å². The lowest BCUT2D eigenvalue weighted by Crippen LogP contribution is -2.38. The molecule has 0 aliphatic heterocycles. The van der Waals surface area contributed by atoms with Crippen LogP contribution in [0.1, 0.15) is 33.0 Å². The lowest BCUT2D eigenvalue weighted by Gasteiger charge is -2.37. The molecule has 0 fully saturated rings. The number of hydrogen-bond acceptors (Lipinski definition) is 3. The molecule has 0 saturated carbocycles. The van der Waals surface area contributed by atoms with Crippen molar-refractivity contribution in [2.45, 2.75) is 33.6 Å². The van der Waals surface area contributed by atoms with Crippen molar-refractivity contribution in [2.75, 3.05) is 19.0 Å². The number of imidazole rings is 1. The second-order valence-corrected chi connectivity index (χ2v) is 9.53. The van der Waals surface area contributed by atoms with Crippen LogP contribution in [0.2, 0.25) is 0 Å². The largest absolute Gasteiger partial charge is 0.497 e. The van der Waals surface area contributed by atoms with Gasteiger partial charge < -0.3 is 20.4 Å². The molecular formula is C27H33FN4O2. The van der Waals surface area contributed by atoms with Crippen LogP contribution in [0.5, 0.6) is 5.75 Å². The zero-order valence-corrected chi connectivity index (χ0v) is 20.2. The molecule has 0 saturated heterocycles. The van der Waals surface area contributed by atoms with E-state index in [0.717, 1.165) is 35.4 Å². The maximum Gasteiger partial charge on any atom is 0.319 e. The Bertz CT molecular complexity index is 1170. The average Bonchev–Trinajstić information content (AvgIpc) is 3.22. The Kier molecular flexibility index (Phi) is 7.20. The van der Waals surface area contributed by atoms with E-state index >= 15 is 0 Å². The van der Waals surface area contributed by atoms with Crippen LogP contribution in [0, 0.1) is 29.5 Å². The van der Waals surface area contributed by atoms with Crippen LogP contribution < -0.4 is 15.4 Å². The number of rotatable bonds is 7. The molecule has 34 heavy (non-hydrogen) atoms. The molecule has 0 spiro atoms. The maximum atomic E-state index is 13.1. The van der Waals surface area contributed by atoms with Crippen LogP contribution >= 0.6 is 0 Å². The normalized spacial score (nSPS) is 20.3. The number of allylic oxidation sites excluding steroid dienone is 1. The molecule has 2 amide bonds. The predicted molar refractivity (Wildman–Crippen MR) is 133 cm³/mol. The van der Waals surface area contributed by atoms with Gasteiger partial charge in [-0.15, -0.1) is 0 Å². The number of benzene rings is 2. The number of methoxy groups -OCH3 is 1. The summed E-state index contributed by atoms with van der Waals surface area (Å²) < 4.78 is 18.4. The van der Waals surface area contributed by atoms with Gasteiger partial charge in [-0.05, 0) is 73.4 Å². The van der Waals surface area contributed by atoms with Crippen molar-refractivity contribution in [3.05, 3.63) is 65.8 Å². The Morgan fingerprint density at radius 3 is 2.71 bits per heavy atom. The van der Waals surface area contributed by atoms with Gasteiger partial charge in [0.15, 0.2) is 0 Å². The first-order valence-corrected chi connectivity index (χ1v) is 11.8. The number of nitrogens with zero attached hydrogens (tertiary/aromatic N) is 1. The number of amides is 2. The highest BCUT2D eigenvalue weighted by Crippen LogP contribution is 2.38. The molecule has 4 rings (SSSR count). The number of anilines is 1.